The maximum absolute atomic E-state index is 14.3. The minimum atomic E-state index is -3.76. The highest BCUT2D eigenvalue weighted by Gasteiger charge is 2.41. The van der Waals surface area contributed by atoms with Gasteiger partial charge in [-0.05, 0) is 73.1 Å². The molecule has 1 aromatic heterocycles. The second-order valence-electron chi connectivity index (χ2n) is 12.7. The van der Waals surface area contributed by atoms with Crippen LogP contribution in [-0.2, 0) is 39.3 Å². The van der Waals surface area contributed by atoms with E-state index in [9.17, 15) is 18.3 Å². The van der Waals surface area contributed by atoms with Crippen molar-refractivity contribution in [1.29, 1.82) is 0 Å². The van der Waals surface area contributed by atoms with Gasteiger partial charge in [-0.2, -0.15) is 12.7 Å². The van der Waals surface area contributed by atoms with Crippen LogP contribution in [0.3, 0.4) is 0 Å². The highest BCUT2D eigenvalue weighted by molar-refractivity contribution is 7.86. The van der Waals surface area contributed by atoms with E-state index in [-0.39, 0.29) is 32.3 Å². The summed E-state index contributed by atoms with van der Waals surface area (Å²) in [7, 11) is 1.09. The molecule has 1 atom stereocenters. The van der Waals surface area contributed by atoms with E-state index in [1.807, 2.05) is 19.1 Å². The summed E-state index contributed by atoms with van der Waals surface area (Å²) in [6.07, 6.45) is 6.51. The topological polar surface area (TPSA) is 127 Å². The number of likely N-dealkylation sites (N-methyl/N-ethyl adjacent to an activating group) is 2. The lowest BCUT2D eigenvalue weighted by Crippen LogP contribution is -2.45. The Balaban J connectivity index is 1.51. The molecule has 1 aliphatic heterocycles. The molecule has 1 saturated carbocycles. The van der Waals surface area contributed by atoms with Crippen LogP contribution in [0.25, 0.3) is 22.2 Å². The van der Waals surface area contributed by atoms with Gasteiger partial charge in [0.1, 0.15) is 5.75 Å². The number of methoxy groups -OCH3 is 1. The third-order valence-corrected chi connectivity index (χ3v) is 10.5. The molecule has 240 valence electrons. The Hall–Kier alpha value is -2.96. The average molecular weight is 627 g/mol. The van der Waals surface area contributed by atoms with Crippen LogP contribution in [0, 0.1) is 5.41 Å². The van der Waals surface area contributed by atoms with Crippen LogP contribution < -0.4 is 9.88 Å². The van der Waals surface area contributed by atoms with Crippen molar-refractivity contribution in [3.05, 3.63) is 53.1 Å². The molecular formula is C33H46N4O6S. The summed E-state index contributed by atoms with van der Waals surface area (Å²) >= 11 is 0. The first-order chi connectivity index (χ1) is 21.0. The van der Waals surface area contributed by atoms with E-state index in [4.69, 9.17) is 14.6 Å². The third kappa shape index (κ3) is 6.53. The maximum atomic E-state index is 14.3. The maximum Gasteiger partial charge on any atom is 0.276 e. The van der Waals surface area contributed by atoms with Gasteiger partial charge in [-0.25, -0.2) is 5.14 Å². The summed E-state index contributed by atoms with van der Waals surface area (Å²) in [6.45, 7) is 3.42. The summed E-state index contributed by atoms with van der Waals surface area (Å²) in [5.41, 5.74) is 5.88. The van der Waals surface area contributed by atoms with E-state index in [1.54, 1.807) is 19.1 Å². The molecule has 2 aromatic carbocycles. The standard InChI is InChI=1S/C33H46N4O6S/c1-33(32(39)35(2)14-16-43-17-15-36(3)44(34,40)41)20-25-19-26(42-4)11-13-27(25)31-30(24-8-6-5-7-9-24)28-12-10-23(21-38)18-29(28)37(31)22-33/h10-13,18-19,24,38H,5-9,14-17,20-22H2,1-4H3,(H2,34,40,41)/t33-/m0/s1. The van der Waals surface area contributed by atoms with Crippen LogP contribution in [0.15, 0.2) is 36.4 Å². The number of nitrogens with zero attached hydrogens (tertiary/aromatic N) is 3. The van der Waals surface area contributed by atoms with Crippen LogP contribution >= 0.6 is 0 Å². The van der Waals surface area contributed by atoms with Gasteiger partial charge < -0.3 is 24.0 Å². The van der Waals surface area contributed by atoms with Crippen molar-refractivity contribution >= 4 is 27.0 Å². The van der Waals surface area contributed by atoms with Crippen molar-refractivity contribution < 1.29 is 27.8 Å². The number of ether oxygens (including phenoxy) is 2. The highest BCUT2D eigenvalue weighted by atomic mass is 32.2. The first-order valence-corrected chi connectivity index (χ1v) is 17.0. The Morgan fingerprint density at radius 3 is 2.50 bits per heavy atom. The number of rotatable bonds is 11. The molecule has 1 fully saturated rings. The SMILES string of the molecule is COc1ccc2c(c1)C[C@](C)(C(=O)N(C)CCOCCN(C)S(N)(=O)=O)Cn1c-2c(C2CCCCC2)c2ccc(CO)cc21. The van der Waals surface area contributed by atoms with Gasteiger partial charge >= 0.3 is 0 Å². The molecule has 0 radical (unpaired) electrons. The van der Waals surface area contributed by atoms with Gasteiger partial charge in [0.2, 0.25) is 5.91 Å². The number of aliphatic hydroxyl groups excluding tert-OH is 1. The van der Waals surface area contributed by atoms with Crippen LogP contribution in [0.2, 0.25) is 0 Å². The molecule has 2 heterocycles. The molecule has 10 nitrogen and oxygen atoms in total. The van der Waals surface area contributed by atoms with Gasteiger partial charge in [0.15, 0.2) is 0 Å². The summed E-state index contributed by atoms with van der Waals surface area (Å²) in [5, 5.41) is 16.4. The van der Waals surface area contributed by atoms with Crippen molar-refractivity contribution in [1.82, 2.24) is 13.8 Å². The second kappa shape index (κ2) is 13.2. The lowest BCUT2D eigenvalue weighted by molar-refractivity contribution is -0.141. The zero-order chi connectivity index (χ0) is 31.6. The van der Waals surface area contributed by atoms with Crippen molar-refractivity contribution in [3.63, 3.8) is 0 Å². The first kappa shape index (κ1) is 32.4. The number of amides is 1. The molecular weight excluding hydrogens is 580 g/mol. The van der Waals surface area contributed by atoms with Gasteiger partial charge in [0.05, 0.1) is 38.0 Å². The van der Waals surface area contributed by atoms with E-state index in [0.29, 0.717) is 25.4 Å². The van der Waals surface area contributed by atoms with Crippen molar-refractivity contribution in [2.75, 3.05) is 47.5 Å². The molecule has 44 heavy (non-hydrogen) atoms. The fourth-order valence-corrected chi connectivity index (χ4v) is 7.34. The average Bonchev–Trinajstić information content (AvgIpc) is 3.24. The van der Waals surface area contributed by atoms with E-state index in [2.05, 4.69) is 28.8 Å². The molecule has 11 heteroatoms. The van der Waals surface area contributed by atoms with Crippen LogP contribution in [-0.4, -0.2) is 80.7 Å². The molecule has 1 amide bonds. The molecule has 2 aliphatic rings. The monoisotopic (exact) mass is 626 g/mol. The predicted octanol–water partition coefficient (Wildman–Crippen LogP) is 4.03. The number of carbonyl (C=O) groups excluding carboxylic acids is 1. The predicted molar refractivity (Wildman–Crippen MR) is 172 cm³/mol. The van der Waals surface area contributed by atoms with Gasteiger partial charge in [-0.15, -0.1) is 0 Å². The Labute approximate surface area is 260 Å². The molecule has 3 aromatic rings. The Morgan fingerprint density at radius 1 is 1.09 bits per heavy atom. The quantitative estimate of drug-likeness (QED) is 0.310. The summed E-state index contributed by atoms with van der Waals surface area (Å²) in [4.78, 5) is 16.0. The number of nitrogens with two attached hydrogens (primary N) is 1. The van der Waals surface area contributed by atoms with Crippen molar-refractivity contribution in [3.8, 4) is 17.0 Å². The van der Waals surface area contributed by atoms with E-state index < -0.39 is 15.6 Å². The lowest BCUT2D eigenvalue weighted by Gasteiger charge is -2.33. The van der Waals surface area contributed by atoms with Gasteiger partial charge in [0, 0.05) is 50.2 Å². The largest absolute Gasteiger partial charge is 0.497 e. The Bertz CT molecular complexity index is 1610. The molecule has 1 aliphatic carbocycles. The zero-order valence-corrected chi connectivity index (χ0v) is 27.2. The third-order valence-electron chi connectivity index (χ3n) is 9.44. The summed E-state index contributed by atoms with van der Waals surface area (Å²) in [5.74, 6) is 1.20. The smallest absolute Gasteiger partial charge is 0.276 e. The number of benzene rings is 2. The Kier molecular flexibility index (Phi) is 9.72. The number of fused-ring (bicyclic) bond motifs is 5. The van der Waals surface area contributed by atoms with Crippen LogP contribution in [0.4, 0.5) is 0 Å². The molecule has 3 N–H and O–H groups in total. The fourth-order valence-electron chi connectivity index (χ4n) is 7.01. The zero-order valence-electron chi connectivity index (χ0n) is 26.3. The summed E-state index contributed by atoms with van der Waals surface area (Å²) < 4.78 is 37.5. The minimum absolute atomic E-state index is 0.00348. The van der Waals surface area contributed by atoms with E-state index in [1.165, 1.54) is 43.0 Å². The first-order valence-electron chi connectivity index (χ1n) is 15.5. The lowest BCUT2D eigenvalue weighted by atomic mass is 9.79. The molecule has 0 spiro atoms. The number of aliphatic hydroxyl groups is 1. The van der Waals surface area contributed by atoms with Crippen LogP contribution in [0.5, 0.6) is 5.75 Å². The van der Waals surface area contributed by atoms with Crippen molar-refractivity contribution in [2.45, 2.75) is 64.5 Å². The summed E-state index contributed by atoms with van der Waals surface area (Å²) in [6, 6.07) is 12.5. The van der Waals surface area contributed by atoms with E-state index in [0.717, 1.165) is 45.1 Å². The highest BCUT2D eigenvalue weighted by Crippen LogP contribution is 2.49. The second-order valence-corrected chi connectivity index (χ2v) is 14.3. The molecule has 0 bridgehead atoms. The number of hydrogen-bond acceptors (Lipinski definition) is 6. The normalized spacial score (nSPS) is 19.1. The number of hydrogen-bond donors (Lipinski definition) is 2. The minimum Gasteiger partial charge on any atom is -0.497 e. The molecule has 5 rings (SSSR count). The number of carbonyl (C=O) groups is 1. The number of aromatic nitrogens is 1. The van der Waals surface area contributed by atoms with Crippen LogP contribution in [0.1, 0.15) is 61.6 Å². The van der Waals surface area contributed by atoms with Gasteiger partial charge in [0.25, 0.3) is 10.2 Å². The Morgan fingerprint density at radius 2 is 1.82 bits per heavy atom. The van der Waals surface area contributed by atoms with Gasteiger partial charge in [-0.3, -0.25) is 4.79 Å². The fraction of sp³-hybridized carbons (Fsp3) is 0.545. The van der Waals surface area contributed by atoms with Crippen molar-refractivity contribution in [2.24, 2.45) is 10.6 Å². The molecule has 0 saturated heterocycles. The molecule has 0 unspecified atom stereocenters. The van der Waals surface area contributed by atoms with Gasteiger partial charge in [-0.1, -0.05) is 31.4 Å². The van der Waals surface area contributed by atoms with E-state index >= 15 is 0 Å².